The second kappa shape index (κ2) is 5.44. The van der Waals surface area contributed by atoms with Crippen LogP contribution in [0.25, 0.3) is 0 Å². The Labute approximate surface area is 119 Å². The van der Waals surface area contributed by atoms with Crippen LogP contribution in [0.3, 0.4) is 0 Å². The summed E-state index contributed by atoms with van der Waals surface area (Å²) in [6.45, 7) is 2.50. The van der Waals surface area contributed by atoms with Crippen LogP contribution in [-0.4, -0.2) is 4.98 Å². The highest BCUT2D eigenvalue weighted by Crippen LogP contribution is 2.29. The third kappa shape index (κ3) is 3.26. The minimum absolute atomic E-state index is 0.580. The van der Waals surface area contributed by atoms with E-state index in [1.54, 1.807) is 6.20 Å². The second-order valence-corrected chi connectivity index (χ2v) is 6.05. The molecular formula is C11H9Cl3N2S. The number of nitrogens with zero attached hydrogens (tertiary/aromatic N) is 1. The van der Waals surface area contributed by atoms with Gasteiger partial charge in [0.25, 0.3) is 0 Å². The standard InChI is InChI=1S/C11H9Cl3N2S/c1-6-2-8(13)9(3-7(6)12)15-5-11-16-4-10(14)17-11/h2-4,15H,5H2,1H3. The normalized spacial score (nSPS) is 10.6. The van der Waals surface area contributed by atoms with Crippen LogP contribution in [0, 0.1) is 6.92 Å². The van der Waals surface area contributed by atoms with Crippen molar-refractivity contribution in [3.05, 3.63) is 43.3 Å². The summed E-state index contributed by atoms with van der Waals surface area (Å²) in [5.41, 5.74) is 1.76. The average Bonchev–Trinajstić information content (AvgIpc) is 2.68. The highest BCUT2D eigenvalue weighted by atomic mass is 35.5. The highest BCUT2D eigenvalue weighted by molar-refractivity contribution is 7.15. The molecule has 0 atom stereocenters. The zero-order chi connectivity index (χ0) is 12.4. The lowest BCUT2D eigenvalue weighted by Gasteiger charge is -2.08. The van der Waals surface area contributed by atoms with Crippen LogP contribution < -0.4 is 5.32 Å². The quantitative estimate of drug-likeness (QED) is 0.861. The monoisotopic (exact) mass is 306 g/mol. The molecular weight excluding hydrogens is 299 g/mol. The van der Waals surface area contributed by atoms with Crippen molar-refractivity contribution in [3.63, 3.8) is 0 Å². The van der Waals surface area contributed by atoms with Crippen molar-refractivity contribution < 1.29 is 0 Å². The number of nitrogens with one attached hydrogen (secondary N) is 1. The Balaban J connectivity index is 2.11. The van der Waals surface area contributed by atoms with Gasteiger partial charge in [0, 0.05) is 5.02 Å². The maximum absolute atomic E-state index is 6.11. The van der Waals surface area contributed by atoms with Crippen molar-refractivity contribution >= 4 is 51.8 Å². The molecule has 2 aromatic rings. The Morgan fingerprint density at radius 1 is 1.24 bits per heavy atom. The molecule has 6 heteroatoms. The molecule has 1 aromatic heterocycles. The lowest BCUT2D eigenvalue weighted by molar-refractivity contribution is 1.10. The molecule has 90 valence electrons. The Hall–Kier alpha value is -0.480. The number of halogens is 3. The maximum Gasteiger partial charge on any atom is 0.113 e. The number of hydrogen-bond acceptors (Lipinski definition) is 3. The largest absolute Gasteiger partial charge is 0.377 e. The summed E-state index contributed by atoms with van der Waals surface area (Å²) in [5.74, 6) is 0. The molecule has 0 radical (unpaired) electrons. The molecule has 0 fully saturated rings. The smallest absolute Gasteiger partial charge is 0.113 e. The third-order valence-corrected chi connectivity index (χ3v) is 4.04. The minimum atomic E-state index is 0.580. The van der Waals surface area contributed by atoms with Gasteiger partial charge >= 0.3 is 0 Å². The summed E-state index contributed by atoms with van der Waals surface area (Å²) in [6.07, 6.45) is 1.63. The van der Waals surface area contributed by atoms with Crippen LogP contribution in [0.1, 0.15) is 10.6 Å². The molecule has 0 unspecified atom stereocenters. The van der Waals surface area contributed by atoms with Gasteiger partial charge in [-0.15, -0.1) is 11.3 Å². The summed E-state index contributed by atoms with van der Waals surface area (Å²) < 4.78 is 0.676. The summed E-state index contributed by atoms with van der Waals surface area (Å²) in [4.78, 5) is 4.15. The summed E-state index contributed by atoms with van der Waals surface area (Å²) in [7, 11) is 0. The first-order valence-electron chi connectivity index (χ1n) is 4.86. The maximum atomic E-state index is 6.11. The average molecular weight is 308 g/mol. The number of rotatable bonds is 3. The molecule has 0 bridgehead atoms. The molecule has 0 aliphatic rings. The van der Waals surface area contributed by atoms with E-state index in [4.69, 9.17) is 34.8 Å². The molecule has 1 N–H and O–H groups in total. The molecule has 0 aliphatic heterocycles. The van der Waals surface area contributed by atoms with Crippen molar-refractivity contribution in [1.29, 1.82) is 0 Å². The molecule has 0 spiro atoms. The third-order valence-electron chi connectivity index (χ3n) is 2.20. The Bertz CT molecular complexity index is 540. The van der Waals surface area contributed by atoms with Crippen LogP contribution >= 0.6 is 46.1 Å². The van der Waals surface area contributed by atoms with E-state index in [0.29, 0.717) is 20.9 Å². The van der Waals surface area contributed by atoms with E-state index in [1.165, 1.54) is 11.3 Å². The van der Waals surface area contributed by atoms with Crippen molar-refractivity contribution in [1.82, 2.24) is 4.98 Å². The number of hydrogen-bond donors (Lipinski definition) is 1. The van der Waals surface area contributed by atoms with Gasteiger partial charge in [-0.1, -0.05) is 34.8 Å². The number of aryl methyl sites for hydroxylation is 1. The lowest BCUT2D eigenvalue weighted by atomic mass is 10.2. The van der Waals surface area contributed by atoms with E-state index in [2.05, 4.69) is 10.3 Å². The molecule has 17 heavy (non-hydrogen) atoms. The van der Waals surface area contributed by atoms with E-state index in [0.717, 1.165) is 16.3 Å². The van der Waals surface area contributed by atoms with E-state index in [9.17, 15) is 0 Å². The van der Waals surface area contributed by atoms with Crippen molar-refractivity contribution in [2.24, 2.45) is 0 Å². The van der Waals surface area contributed by atoms with Crippen molar-refractivity contribution in [2.45, 2.75) is 13.5 Å². The fourth-order valence-corrected chi connectivity index (χ4v) is 2.67. The topological polar surface area (TPSA) is 24.9 Å². The summed E-state index contributed by atoms with van der Waals surface area (Å²) in [5, 5.41) is 5.43. The first kappa shape index (κ1) is 13.0. The highest BCUT2D eigenvalue weighted by Gasteiger charge is 2.05. The van der Waals surface area contributed by atoms with Crippen LogP contribution in [0.5, 0.6) is 0 Å². The Kier molecular flexibility index (Phi) is 4.15. The van der Waals surface area contributed by atoms with Crippen LogP contribution in [-0.2, 0) is 6.54 Å². The van der Waals surface area contributed by atoms with Gasteiger partial charge in [0.05, 0.1) is 23.5 Å². The molecule has 0 saturated heterocycles. The van der Waals surface area contributed by atoms with Gasteiger partial charge in [0.15, 0.2) is 0 Å². The van der Waals surface area contributed by atoms with Crippen LogP contribution in [0.4, 0.5) is 5.69 Å². The van der Waals surface area contributed by atoms with E-state index in [1.807, 2.05) is 19.1 Å². The Morgan fingerprint density at radius 2 is 2.00 bits per heavy atom. The summed E-state index contributed by atoms with van der Waals surface area (Å²) >= 11 is 19.4. The lowest BCUT2D eigenvalue weighted by Crippen LogP contribution is -1.99. The van der Waals surface area contributed by atoms with Crippen molar-refractivity contribution in [3.8, 4) is 0 Å². The van der Waals surface area contributed by atoms with Gasteiger partial charge in [0.2, 0.25) is 0 Å². The van der Waals surface area contributed by atoms with Gasteiger partial charge in [-0.2, -0.15) is 0 Å². The van der Waals surface area contributed by atoms with Gasteiger partial charge < -0.3 is 5.32 Å². The zero-order valence-electron chi connectivity index (χ0n) is 8.93. The predicted octanol–water partition coefficient (Wildman–Crippen LogP) is 5.02. The first-order valence-corrected chi connectivity index (χ1v) is 6.81. The molecule has 2 nitrogen and oxygen atoms in total. The van der Waals surface area contributed by atoms with Gasteiger partial charge in [0.1, 0.15) is 9.34 Å². The van der Waals surface area contributed by atoms with Gasteiger partial charge in [-0.25, -0.2) is 4.98 Å². The fraction of sp³-hybridized carbons (Fsp3) is 0.182. The molecule has 0 amide bonds. The molecule has 0 saturated carbocycles. The van der Waals surface area contributed by atoms with Crippen molar-refractivity contribution in [2.75, 3.05) is 5.32 Å². The number of thiazole rings is 1. The zero-order valence-corrected chi connectivity index (χ0v) is 12.0. The number of anilines is 1. The fourth-order valence-electron chi connectivity index (χ4n) is 1.32. The second-order valence-electron chi connectivity index (χ2n) is 3.49. The van der Waals surface area contributed by atoms with Crippen LogP contribution in [0.15, 0.2) is 18.3 Å². The molecule has 1 aromatic carbocycles. The SMILES string of the molecule is Cc1cc(Cl)c(NCc2ncc(Cl)s2)cc1Cl. The van der Waals surface area contributed by atoms with E-state index in [-0.39, 0.29) is 0 Å². The Morgan fingerprint density at radius 3 is 2.65 bits per heavy atom. The van der Waals surface area contributed by atoms with Crippen LogP contribution in [0.2, 0.25) is 14.4 Å². The minimum Gasteiger partial charge on any atom is -0.377 e. The van der Waals surface area contributed by atoms with E-state index < -0.39 is 0 Å². The number of benzene rings is 1. The first-order chi connectivity index (χ1) is 8.06. The van der Waals surface area contributed by atoms with Gasteiger partial charge in [-0.3, -0.25) is 0 Å². The predicted molar refractivity (Wildman–Crippen MR) is 75.6 cm³/mol. The number of aromatic nitrogens is 1. The molecule has 0 aliphatic carbocycles. The molecule has 2 rings (SSSR count). The summed E-state index contributed by atoms with van der Waals surface area (Å²) in [6, 6.07) is 3.65. The molecule has 1 heterocycles. The van der Waals surface area contributed by atoms with Gasteiger partial charge in [-0.05, 0) is 24.6 Å². The van der Waals surface area contributed by atoms with E-state index >= 15 is 0 Å².